The maximum atomic E-state index is 15.2. The Kier molecular flexibility index (Phi) is 28.5. The van der Waals surface area contributed by atoms with Crippen LogP contribution in [-0.4, -0.2) is 215 Å². The number of nitrogens with zero attached hydrogens (tertiary/aromatic N) is 17. The van der Waals surface area contributed by atoms with Gasteiger partial charge in [-0.1, -0.05) is 139 Å². The molecule has 27 nitrogen and oxygen atoms in total. The number of aliphatic imine (C=N–C) groups is 1. The van der Waals surface area contributed by atoms with E-state index in [1.165, 1.54) is 51.6 Å². The number of halogens is 6. The van der Waals surface area contributed by atoms with Gasteiger partial charge in [0.15, 0.2) is 21.1 Å². The van der Waals surface area contributed by atoms with Crippen molar-refractivity contribution >= 4 is 108 Å². The summed E-state index contributed by atoms with van der Waals surface area (Å²) in [7, 11) is -1.95. The first-order valence-electron chi connectivity index (χ1n) is 43.3. The number of ether oxygens (including phenoxy) is 3. The number of hydrogen-bond acceptors (Lipinski definition) is 22. The Hall–Kier alpha value is -11.7. The van der Waals surface area contributed by atoms with Crippen molar-refractivity contribution in [1.29, 1.82) is 0 Å². The second-order valence-electron chi connectivity index (χ2n) is 35.6. The van der Waals surface area contributed by atoms with Gasteiger partial charge in [0.25, 0.3) is 0 Å². The van der Waals surface area contributed by atoms with Crippen molar-refractivity contribution in [2.45, 2.75) is 187 Å². The molecule has 4 fully saturated rings. The molecule has 690 valence electrons. The molecule has 0 bridgehead atoms. The molecule has 0 spiro atoms. The largest absolute Gasteiger partial charge is 0.461 e. The minimum Gasteiger partial charge on any atom is -0.461 e. The van der Waals surface area contributed by atoms with E-state index >= 15 is 4.39 Å². The fraction of sp³-hybridized carbons (Fsp3) is 0.392. The lowest BCUT2D eigenvalue weighted by atomic mass is 9.76. The molecule has 5 aliphatic rings. The minimum absolute atomic E-state index is 0.0408. The third kappa shape index (κ3) is 19.1. The molecule has 6 unspecified atom stereocenters. The number of piperazine rings is 3. The molecule has 10 aromatic rings. The van der Waals surface area contributed by atoms with Gasteiger partial charge < -0.3 is 48.5 Å². The van der Waals surface area contributed by atoms with Crippen molar-refractivity contribution in [3.63, 3.8) is 0 Å². The van der Waals surface area contributed by atoms with Crippen molar-refractivity contribution in [2.24, 2.45) is 4.99 Å². The molecule has 4 saturated heterocycles. The number of carbonyl (C=O) groups excluding carboxylic acids is 3. The van der Waals surface area contributed by atoms with Crippen molar-refractivity contribution in [2.75, 3.05) is 80.5 Å². The normalized spacial score (nSPS) is 19.1. The number of rotatable bonds is 19. The molecule has 0 saturated carbocycles. The van der Waals surface area contributed by atoms with Crippen molar-refractivity contribution in [3.05, 3.63) is 236 Å². The third-order valence-electron chi connectivity index (χ3n) is 24.2. The van der Waals surface area contributed by atoms with E-state index in [0.717, 1.165) is 11.8 Å². The summed E-state index contributed by atoms with van der Waals surface area (Å²) in [5.41, 5.74) is 2.73. The maximum absolute atomic E-state index is 15.2. The van der Waals surface area contributed by atoms with Gasteiger partial charge in [0.2, 0.25) is 17.7 Å². The number of amidine groups is 1. The lowest BCUT2D eigenvalue weighted by Gasteiger charge is -2.61. The molecule has 0 N–H and O–H groups in total. The van der Waals surface area contributed by atoms with Crippen molar-refractivity contribution in [1.82, 2.24) is 63.6 Å². The van der Waals surface area contributed by atoms with Gasteiger partial charge in [-0.15, -0.1) is 0 Å². The predicted molar refractivity (Wildman–Crippen MR) is 509 cm³/mol. The summed E-state index contributed by atoms with van der Waals surface area (Å²) >= 11 is 20.5. The zero-order valence-electron chi connectivity index (χ0n) is 76.7. The van der Waals surface area contributed by atoms with Crippen LogP contribution in [0.25, 0.3) is 67.2 Å². The molecule has 0 aliphatic carbocycles. The smallest absolute Gasteiger partial charge is 0.355 e. The van der Waals surface area contributed by atoms with Gasteiger partial charge in [-0.25, -0.2) is 60.3 Å². The number of fused-ring (bicyclic) bond motifs is 3. The second-order valence-corrected chi connectivity index (χ2v) is 38.8. The van der Waals surface area contributed by atoms with Crippen LogP contribution in [0.15, 0.2) is 179 Å². The molecule has 15 rings (SSSR count). The van der Waals surface area contributed by atoms with Crippen LogP contribution in [0, 0.1) is 17.5 Å². The first kappa shape index (κ1) is 96.8. The number of sulfone groups is 1. The standard InChI is InChI=1S/C35H41ClFN7O4.C32H33ClFN5O4S.C30H35ClFN5O2/c1-9-27(45)42-17-22(7)43(18-21(42)6)32-24-16-25(36)30(23-12-10-11-13-26(23)37)38-33(24)44(35(46)41-32)31-28(19(2)3)39-34(48-15-14-47-8)40-29(31)20(4)5;1-7-28(40)37-16-20(5)38(17-19(37)4)30-24-15-25(33)29(22-10-8-9-11-26(22)34)35-31(24)39(32(41)36-30)27-13-12-21(44(6,42)43)14-23(27)18(2)3;1-9-24(38)35-15-18(3)36(16-17(35)2)26-21-14-22(31)25(20-12-10-11-13-23(20)32)34-27(21)37(19(4)33-26)28-29(5,6)39-30(28,7)8/h9-13,16,19-22H,1,14-15,17-18H2,2-8H3;7-15,18-20H,1,16-17H2,2-6H3;9-14,17-18,28H,1,4,15-16H2,2-3,5-8H3. The second kappa shape index (κ2) is 38.6. The first-order chi connectivity index (χ1) is 61.9. The summed E-state index contributed by atoms with van der Waals surface area (Å²) < 4.78 is 89.8. The number of hydrogen-bond donors (Lipinski definition) is 0. The first-order valence-corrected chi connectivity index (χ1v) is 46.4. The Bertz CT molecular complexity index is 6470. The van der Waals surface area contributed by atoms with E-state index in [9.17, 15) is 41.2 Å². The van der Waals surface area contributed by atoms with Crippen LogP contribution in [0.3, 0.4) is 0 Å². The zero-order valence-corrected chi connectivity index (χ0v) is 79.8. The molecule has 6 aromatic heterocycles. The number of aromatic nitrogens is 9. The number of methoxy groups -OCH3 is 1. The molecule has 5 aliphatic heterocycles. The number of amides is 3. The summed E-state index contributed by atoms with van der Waals surface area (Å²) in [6, 6.07) is 27.5. The van der Waals surface area contributed by atoms with Crippen molar-refractivity contribution in [3.8, 4) is 51.2 Å². The van der Waals surface area contributed by atoms with Gasteiger partial charge in [-0.05, 0) is 184 Å². The van der Waals surface area contributed by atoms with E-state index in [1.54, 1.807) is 95.8 Å². The van der Waals surface area contributed by atoms with Crippen LogP contribution in [0.5, 0.6) is 6.01 Å². The van der Waals surface area contributed by atoms with E-state index in [2.05, 4.69) is 48.1 Å². The van der Waals surface area contributed by atoms with Gasteiger partial charge >= 0.3 is 17.4 Å². The Morgan fingerprint density at radius 1 is 0.519 bits per heavy atom. The van der Waals surface area contributed by atoms with Crippen LogP contribution >= 0.6 is 34.8 Å². The third-order valence-corrected chi connectivity index (χ3v) is 26.2. The fourth-order valence-electron chi connectivity index (χ4n) is 18.2. The van der Waals surface area contributed by atoms with Crippen LogP contribution in [0.4, 0.5) is 30.6 Å². The molecule has 34 heteroatoms. The molecule has 11 heterocycles. The molecule has 3 amide bonds. The lowest BCUT2D eigenvalue weighted by molar-refractivity contribution is -0.255. The lowest BCUT2D eigenvalue weighted by Crippen LogP contribution is -2.74. The van der Waals surface area contributed by atoms with E-state index < -0.39 is 49.9 Å². The molecular formula is C97H109Cl3F3N17O10S. The van der Waals surface area contributed by atoms with Crippen LogP contribution in [-0.2, 0) is 33.7 Å². The van der Waals surface area contributed by atoms with Gasteiger partial charge in [-0.2, -0.15) is 19.9 Å². The maximum Gasteiger partial charge on any atom is 0.355 e. The summed E-state index contributed by atoms with van der Waals surface area (Å²) in [6.45, 7) is 50.0. The monoisotopic (exact) mass is 1870 g/mol. The van der Waals surface area contributed by atoms with Crippen molar-refractivity contribution < 1.29 is 50.2 Å². The molecular weight excluding hydrogens is 1760 g/mol. The predicted octanol–water partition coefficient (Wildman–Crippen LogP) is 16.9. The average Bonchev–Trinajstić information content (AvgIpc) is 0.702. The van der Waals surface area contributed by atoms with Gasteiger partial charge in [0.1, 0.15) is 53.2 Å². The van der Waals surface area contributed by atoms with Crippen LogP contribution in [0.2, 0.25) is 15.1 Å². The van der Waals surface area contributed by atoms with Gasteiger partial charge in [-0.3, -0.25) is 14.4 Å². The van der Waals surface area contributed by atoms with Crippen LogP contribution in [0.1, 0.15) is 151 Å². The van der Waals surface area contributed by atoms with E-state index in [4.69, 9.17) is 78.9 Å². The fourth-order valence-corrected chi connectivity index (χ4v) is 19.6. The highest BCUT2D eigenvalue weighted by Crippen LogP contribution is 2.51. The molecule has 4 aromatic carbocycles. The molecule has 6 atom stereocenters. The summed E-state index contributed by atoms with van der Waals surface area (Å²) in [6.07, 6.45) is 5.06. The number of pyridine rings is 3. The SMILES string of the molecule is C=CC(=O)N1CC(C)N(C2=NC(=C)N(C3C(C)(C)OC3(C)C)c3nc(-c4ccccc4F)c(Cl)cc32)CC1C.C=CC(=O)N1CC(C)N(c2nc(=O)n(-c3c(C(C)C)nc(OCCOC)nc3C(C)C)c3nc(-c4ccccc4F)c(Cl)cc23)CC1C.C=CC(=O)N1CC(C)N(c2nc(=O)n(-c3ccc(S(C)(=O)=O)cc3C(C)C)c3nc(-c4ccccc4F)c(Cl)cc23)CC1C. The molecule has 131 heavy (non-hydrogen) atoms. The number of carbonyl (C=O) groups is 3. The highest BCUT2D eigenvalue weighted by Gasteiger charge is 2.60. The summed E-state index contributed by atoms with van der Waals surface area (Å²) in [5, 5.41) is 1.59. The summed E-state index contributed by atoms with van der Waals surface area (Å²) in [5.74, 6) is 0.105. The Morgan fingerprint density at radius 3 is 1.33 bits per heavy atom. The highest BCUT2D eigenvalue weighted by atomic mass is 35.5. The summed E-state index contributed by atoms with van der Waals surface area (Å²) in [4.78, 5) is 118. The number of anilines is 3. The van der Waals surface area contributed by atoms with E-state index in [-0.39, 0.29) is 139 Å². The number of benzene rings is 4. The van der Waals surface area contributed by atoms with E-state index in [0.29, 0.717) is 130 Å². The Morgan fingerprint density at radius 2 is 0.924 bits per heavy atom. The Labute approximate surface area is 775 Å². The van der Waals surface area contributed by atoms with E-state index in [1.807, 2.05) is 130 Å². The average molecular weight is 1870 g/mol. The highest BCUT2D eigenvalue weighted by molar-refractivity contribution is 7.90. The van der Waals surface area contributed by atoms with Gasteiger partial charge in [0.05, 0.1) is 100.0 Å². The zero-order chi connectivity index (χ0) is 95.4. The molecule has 0 radical (unpaired) electrons. The van der Waals surface area contributed by atoms with Crippen LogP contribution < -0.4 is 30.8 Å². The topological polar surface area (TPSA) is 282 Å². The quantitative estimate of drug-likeness (QED) is 0.0537. The Balaban J connectivity index is 0.000000168. The minimum atomic E-state index is -3.53. The van der Waals surface area contributed by atoms with Gasteiger partial charge in [0, 0.05) is 106 Å².